The van der Waals surface area contributed by atoms with Crippen LogP contribution in [0.25, 0.3) is 0 Å². The molecule has 0 unspecified atom stereocenters. The molecule has 0 spiro atoms. The van der Waals surface area contributed by atoms with Crippen LogP contribution in [0.15, 0.2) is 4.99 Å². The van der Waals surface area contributed by atoms with E-state index in [2.05, 4.69) is 57.7 Å². The highest BCUT2D eigenvalue weighted by molar-refractivity contribution is 5.99. The van der Waals surface area contributed by atoms with Crippen LogP contribution in [-0.4, -0.2) is 204 Å². The van der Waals surface area contributed by atoms with Gasteiger partial charge in [-0.15, -0.1) is 0 Å². The van der Waals surface area contributed by atoms with Crippen molar-refractivity contribution >= 4 is 82.9 Å². The van der Waals surface area contributed by atoms with E-state index in [9.17, 15) is 72.5 Å². The van der Waals surface area contributed by atoms with Crippen molar-refractivity contribution in [2.24, 2.45) is 56.9 Å². The van der Waals surface area contributed by atoms with Gasteiger partial charge in [0.1, 0.15) is 67.0 Å². The van der Waals surface area contributed by atoms with Gasteiger partial charge < -0.3 is 103 Å². The van der Waals surface area contributed by atoms with E-state index in [0.717, 1.165) is 0 Å². The lowest BCUT2D eigenvalue weighted by atomic mass is 10.00. The van der Waals surface area contributed by atoms with Crippen LogP contribution in [-0.2, 0) is 67.2 Å². The minimum Gasteiger partial charge on any atom is -0.481 e. The molecule has 0 aromatic heterocycles. The topological polar surface area (TPSA) is 604 Å². The number of hydrogen-bond acceptors (Lipinski definition) is 20. The lowest BCUT2D eigenvalue weighted by molar-refractivity contribution is -0.142. The average Bonchev–Trinajstić information content (AvgIpc) is 4.17. The number of carbonyl (C=O) groups is 13. The summed E-state index contributed by atoms with van der Waals surface area (Å²) >= 11 is 0. The summed E-state index contributed by atoms with van der Waals surface area (Å²) in [6, 6.07) is -13.7. The van der Waals surface area contributed by atoms with Crippen molar-refractivity contribution in [3.63, 3.8) is 0 Å². The Morgan fingerprint density at radius 1 is 0.506 bits per heavy atom. The molecule has 0 aliphatic carbocycles. The fourth-order valence-corrected chi connectivity index (χ4v) is 9.40. The number of amides is 11. The van der Waals surface area contributed by atoms with Crippen LogP contribution >= 0.6 is 0 Å². The number of primary amides is 1. The number of unbranched alkanes of at least 4 members (excludes halogenated alkanes) is 4. The zero-order valence-electron chi connectivity index (χ0n) is 51.4. The van der Waals surface area contributed by atoms with Gasteiger partial charge in [-0.25, -0.2) is 5.90 Å². The zero-order chi connectivity index (χ0) is 67.2. The maximum absolute atomic E-state index is 14.5. The molecule has 10 atom stereocenters. The van der Waals surface area contributed by atoms with Gasteiger partial charge in [-0.05, 0) is 148 Å². The first kappa shape index (κ1) is 79.2. The number of hydrogen-bond donors (Lipinski definition) is 19. The summed E-state index contributed by atoms with van der Waals surface area (Å²) in [6.45, 7) is 5.06. The number of guanidine groups is 1. The highest BCUT2D eigenvalue weighted by Gasteiger charge is 2.40. The fourth-order valence-electron chi connectivity index (χ4n) is 9.40. The van der Waals surface area contributed by atoms with Crippen molar-refractivity contribution < 1.29 is 77.4 Å². The summed E-state index contributed by atoms with van der Waals surface area (Å²) in [4.78, 5) is 183. The molecule has 1 rings (SSSR count). The quantitative estimate of drug-likeness (QED) is 0.0117. The van der Waals surface area contributed by atoms with Crippen LogP contribution in [0, 0.1) is 5.92 Å². The summed E-state index contributed by atoms with van der Waals surface area (Å²) in [5.41, 5.74) is 39.6. The third-order valence-electron chi connectivity index (χ3n) is 14.3. The Labute approximate surface area is 517 Å². The number of carboxylic acids is 2. The molecule has 1 aliphatic rings. The van der Waals surface area contributed by atoms with Gasteiger partial charge in [-0.1, -0.05) is 13.8 Å². The van der Waals surface area contributed by atoms with Crippen LogP contribution in [0.4, 0.5) is 0 Å². The minimum atomic E-state index is -1.73. The molecule has 0 radical (unpaired) electrons. The maximum Gasteiger partial charge on any atom is 0.305 e. The largest absolute Gasteiger partial charge is 0.481 e. The summed E-state index contributed by atoms with van der Waals surface area (Å²) in [6.07, 6.45) is 1.45. The maximum atomic E-state index is 14.5. The molecule has 0 aromatic carbocycles. The summed E-state index contributed by atoms with van der Waals surface area (Å²) in [5.74, 6) is -8.36. The third kappa shape index (κ3) is 31.2. The number of carbonyl (C=O) groups excluding carboxylic acids is 11. The molecule has 1 fully saturated rings. The normalized spacial score (nSPS) is 15.8. The van der Waals surface area contributed by atoms with Crippen molar-refractivity contribution in [1.82, 2.24) is 52.8 Å². The van der Waals surface area contributed by atoms with E-state index in [1.807, 2.05) is 0 Å². The molecular weight excluding hydrogens is 1170 g/mol. The zero-order valence-corrected chi connectivity index (χ0v) is 51.4. The van der Waals surface area contributed by atoms with E-state index >= 15 is 0 Å². The minimum absolute atomic E-state index is 0.0159. The second kappa shape index (κ2) is 43.7. The number of likely N-dealkylation sites (tertiary alicyclic amines) is 1. The van der Waals surface area contributed by atoms with E-state index in [1.165, 1.54) is 25.7 Å². The number of rotatable bonds is 47. The van der Waals surface area contributed by atoms with Gasteiger partial charge in [-0.2, -0.15) is 0 Å². The molecule has 0 saturated carbocycles. The monoisotopic (exact) mass is 1270 g/mol. The average molecular weight is 1270 g/mol. The highest BCUT2D eigenvalue weighted by Crippen LogP contribution is 2.20. The molecule has 11 amide bonds. The number of nitrogens with one attached hydrogen (secondary N) is 9. The van der Waals surface area contributed by atoms with Crippen LogP contribution in [0.3, 0.4) is 0 Å². The molecule has 1 saturated heterocycles. The van der Waals surface area contributed by atoms with E-state index in [1.54, 1.807) is 0 Å². The first-order chi connectivity index (χ1) is 42.1. The Balaban J connectivity index is 3.66. The first-order valence-electron chi connectivity index (χ1n) is 30.1. The Bertz CT molecular complexity index is 2360. The molecular formula is C54H99N19O16. The standard InChI is InChI=1S/C54H99N19O16/c1-30(2)43(52(87)70-37(20-21-41(75)76)49(84)71-38(44(59)79)28-42(77)78)72-50(85)35(17-7-11-25-58)67-48(83)36(18-12-26-63-54(60)61)68-46(81)33(15-5-9-23-56)65-45(80)32(14-4-8-22-55)66-47(82)34(16-6-10-24-57)69-51(86)39-19-13-27-73(39)53(88)31(3)64-40(74)29-89-62/h30-39,43H,4-29,55-58,62H2,1-3H3,(H2,59,79)(H,64,74)(H,65,80)(H,66,82)(H,67,83)(H,68,81)(H,69,86)(H,70,87)(H,71,84)(H,72,85)(H,75,76)(H,77,78)(H4,60,61,63)/t31-,32-,33-,34-,35-,36-,37-,38-,39-,43-/m0/s1. The van der Waals surface area contributed by atoms with Gasteiger partial charge in [0.25, 0.3) is 0 Å². The first-order valence-corrected chi connectivity index (χ1v) is 30.1. The summed E-state index contributed by atoms with van der Waals surface area (Å²) in [7, 11) is 0. The van der Waals surface area contributed by atoms with Gasteiger partial charge in [0, 0.05) is 19.5 Å². The predicted octanol–water partition coefficient (Wildman–Crippen LogP) is -6.70. The molecule has 1 aliphatic heterocycles. The Morgan fingerprint density at radius 3 is 1.28 bits per heavy atom. The number of carboxylic acid groups (broad SMARTS) is 2. The van der Waals surface area contributed by atoms with Gasteiger partial charge >= 0.3 is 11.9 Å². The highest BCUT2D eigenvalue weighted by atomic mass is 16.6. The second-order valence-corrected chi connectivity index (χ2v) is 22.0. The lowest BCUT2D eigenvalue weighted by Gasteiger charge is -2.30. The van der Waals surface area contributed by atoms with Crippen molar-refractivity contribution in [1.29, 1.82) is 0 Å². The van der Waals surface area contributed by atoms with Crippen LogP contribution in [0.2, 0.25) is 0 Å². The lowest BCUT2D eigenvalue weighted by Crippen LogP contribution is -2.61. The number of nitrogens with zero attached hydrogens (tertiary/aromatic N) is 2. The summed E-state index contributed by atoms with van der Waals surface area (Å²) in [5, 5.41) is 41.7. The van der Waals surface area contributed by atoms with Crippen molar-refractivity contribution in [3.8, 4) is 0 Å². The van der Waals surface area contributed by atoms with E-state index in [-0.39, 0.29) is 96.6 Å². The fraction of sp³-hybridized carbons (Fsp3) is 0.741. The molecule has 27 N–H and O–H groups in total. The van der Waals surface area contributed by atoms with E-state index < -0.39 is 169 Å². The third-order valence-corrected chi connectivity index (χ3v) is 14.3. The molecule has 35 nitrogen and oxygen atoms in total. The van der Waals surface area contributed by atoms with Crippen LogP contribution < -0.4 is 93.9 Å². The molecule has 35 heteroatoms. The van der Waals surface area contributed by atoms with Gasteiger partial charge in [0.05, 0.1) is 6.42 Å². The van der Waals surface area contributed by atoms with Gasteiger partial charge in [0.2, 0.25) is 65.0 Å². The van der Waals surface area contributed by atoms with E-state index in [0.29, 0.717) is 51.4 Å². The Morgan fingerprint density at radius 2 is 0.899 bits per heavy atom. The predicted molar refractivity (Wildman–Crippen MR) is 323 cm³/mol. The van der Waals surface area contributed by atoms with Gasteiger partial charge in [0.15, 0.2) is 5.96 Å². The van der Waals surface area contributed by atoms with Crippen molar-refractivity contribution in [2.75, 3.05) is 45.9 Å². The second-order valence-electron chi connectivity index (χ2n) is 22.0. The molecule has 0 bridgehead atoms. The van der Waals surface area contributed by atoms with Crippen LogP contribution in [0.5, 0.6) is 0 Å². The number of aliphatic carboxylic acids is 2. The molecule has 1 heterocycles. The summed E-state index contributed by atoms with van der Waals surface area (Å²) < 4.78 is 0. The Hall–Kier alpha value is -7.86. The molecule has 0 aromatic rings. The van der Waals surface area contributed by atoms with Crippen molar-refractivity contribution in [2.45, 2.75) is 203 Å². The smallest absolute Gasteiger partial charge is 0.305 e. The SMILES string of the molecule is CC(C)[C@H](NC(=O)[C@H](CCCCN)NC(=O)[C@H](CCCN=C(N)N)NC(=O)[C@H](CCCCN)NC(=O)[C@H](CCCCN)NC(=O)[C@H](CCCCN)NC(=O)[C@@H]1CCCN1C(=O)[C@H](C)NC(=O)CON)C(=O)N[C@@H](CCC(=O)O)C(=O)N[C@@H](CC(=O)O)C(N)=O. The van der Waals surface area contributed by atoms with E-state index in [4.69, 9.17) is 46.0 Å². The number of aliphatic imine (C=N–C) groups is 1. The van der Waals surface area contributed by atoms with Crippen molar-refractivity contribution in [3.05, 3.63) is 0 Å². The van der Waals surface area contributed by atoms with Crippen LogP contribution in [0.1, 0.15) is 143 Å². The number of nitrogens with two attached hydrogens (primary N) is 8. The molecule has 89 heavy (non-hydrogen) atoms. The molecule has 506 valence electrons. The van der Waals surface area contributed by atoms with Gasteiger partial charge in [-0.3, -0.25) is 72.2 Å². The Kier molecular flexibility index (Phi) is 38.9.